The van der Waals surface area contributed by atoms with Crippen molar-refractivity contribution in [3.8, 4) is 11.5 Å². The van der Waals surface area contributed by atoms with Crippen LogP contribution in [-0.2, 0) is 0 Å². The Balaban J connectivity index is 2.03. The van der Waals surface area contributed by atoms with E-state index in [0.717, 1.165) is 23.6 Å². The molecule has 0 fully saturated rings. The van der Waals surface area contributed by atoms with E-state index in [2.05, 4.69) is 38.2 Å². The fraction of sp³-hybridized carbons (Fsp3) is 0.294. The molecule has 2 rings (SSSR count). The Morgan fingerprint density at radius 3 is 2.05 bits per heavy atom. The van der Waals surface area contributed by atoms with Crippen molar-refractivity contribution in [3.05, 3.63) is 54.6 Å². The van der Waals surface area contributed by atoms with Gasteiger partial charge in [0.2, 0.25) is 0 Å². The number of hydrogen-bond acceptors (Lipinski definition) is 2. The van der Waals surface area contributed by atoms with E-state index in [1.165, 1.54) is 0 Å². The van der Waals surface area contributed by atoms with Crippen molar-refractivity contribution < 1.29 is 4.74 Å². The molecule has 0 radical (unpaired) electrons. The van der Waals surface area contributed by atoms with Gasteiger partial charge in [0.1, 0.15) is 11.5 Å². The summed E-state index contributed by atoms with van der Waals surface area (Å²) < 4.78 is 5.76. The first-order valence-corrected chi connectivity index (χ1v) is 6.70. The number of benzene rings is 2. The monoisotopic (exact) mass is 255 g/mol. The van der Waals surface area contributed by atoms with E-state index in [9.17, 15) is 0 Å². The van der Waals surface area contributed by atoms with Gasteiger partial charge in [-0.05, 0) is 56.7 Å². The number of anilines is 1. The van der Waals surface area contributed by atoms with Gasteiger partial charge in [0.25, 0.3) is 0 Å². The highest BCUT2D eigenvalue weighted by Gasteiger charge is 2.13. The van der Waals surface area contributed by atoms with Crippen molar-refractivity contribution in [3.63, 3.8) is 0 Å². The first kappa shape index (κ1) is 13.5. The largest absolute Gasteiger partial charge is 0.457 e. The summed E-state index contributed by atoms with van der Waals surface area (Å²) in [6, 6.07) is 17.9. The van der Waals surface area contributed by atoms with Crippen molar-refractivity contribution in [2.24, 2.45) is 0 Å². The average molecular weight is 255 g/mol. The van der Waals surface area contributed by atoms with Crippen molar-refractivity contribution >= 4 is 5.69 Å². The van der Waals surface area contributed by atoms with E-state index in [1.807, 2.05) is 42.5 Å². The normalized spacial score (nSPS) is 11.1. The van der Waals surface area contributed by atoms with E-state index in [-0.39, 0.29) is 5.54 Å². The summed E-state index contributed by atoms with van der Waals surface area (Å²) in [5.74, 6) is 1.71. The van der Waals surface area contributed by atoms with Gasteiger partial charge in [-0.2, -0.15) is 0 Å². The quantitative estimate of drug-likeness (QED) is 0.804. The third-order valence-corrected chi connectivity index (χ3v) is 3.20. The Morgan fingerprint density at radius 2 is 1.47 bits per heavy atom. The predicted octanol–water partition coefficient (Wildman–Crippen LogP) is 5.08. The van der Waals surface area contributed by atoms with Crippen LogP contribution in [0.1, 0.15) is 27.2 Å². The third kappa shape index (κ3) is 4.02. The molecule has 0 aliphatic rings. The van der Waals surface area contributed by atoms with Gasteiger partial charge in [-0.3, -0.25) is 0 Å². The van der Waals surface area contributed by atoms with Crippen LogP contribution in [0.15, 0.2) is 54.6 Å². The van der Waals surface area contributed by atoms with Gasteiger partial charge < -0.3 is 10.1 Å². The van der Waals surface area contributed by atoms with Crippen molar-refractivity contribution in [1.82, 2.24) is 0 Å². The van der Waals surface area contributed by atoms with Crippen molar-refractivity contribution in [2.75, 3.05) is 5.32 Å². The van der Waals surface area contributed by atoms with Crippen LogP contribution in [0.4, 0.5) is 5.69 Å². The Labute approximate surface area is 115 Å². The Morgan fingerprint density at radius 1 is 0.895 bits per heavy atom. The maximum Gasteiger partial charge on any atom is 0.127 e. The second kappa shape index (κ2) is 5.79. The lowest BCUT2D eigenvalue weighted by molar-refractivity contribution is 0.482. The summed E-state index contributed by atoms with van der Waals surface area (Å²) in [5.41, 5.74) is 1.23. The summed E-state index contributed by atoms with van der Waals surface area (Å²) in [7, 11) is 0. The SMILES string of the molecule is CCC(C)(C)Nc1ccc(Oc2ccccc2)cc1. The number of ether oxygens (including phenoxy) is 1. The third-order valence-electron chi connectivity index (χ3n) is 3.20. The molecule has 0 aromatic heterocycles. The minimum absolute atomic E-state index is 0.113. The molecule has 0 atom stereocenters. The first-order valence-electron chi connectivity index (χ1n) is 6.70. The smallest absolute Gasteiger partial charge is 0.127 e. The lowest BCUT2D eigenvalue weighted by Gasteiger charge is -2.26. The Bertz CT molecular complexity index is 503. The van der Waals surface area contributed by atoms with Gasteiger partial charge in [-0.15, -0.1) is 0 Å². The maximum absolute atomic E-state index is 5.76. The second-order valence-corrected chi connectivity index (χ2v) is 5.30. The van der Waals surface area contributed by atoms with Crippen LogP contribution >= 0.6 is 0 Å². The van der Waals surface area contributed by atoms with Crippen molar-refractivity contribution in [2.45, 2.75) is 32.7 Å². The van der Waals surface area contributed by atoms with Crippen molar-refractivity contribution in [1.29, 1.82) is 0 Å². The highest BCUT2D eigenvalue weighted by Crippen LogP contribution is 2.24. The molecule has 0 unspecified atom stereocenters. The van der Waals surface area contributed by atoms with Gasteiger partial charge in [0, 0.05) is 11.2 Å². The highest BCUT2D eigenvalue weighted by molar-refractivity contribution is 5.48. The van der Waals surface area contributed by atoms with Crippen LogP contribution in [0.25, 0.3) is 0 Å². The van der Waals surface area contributed by atoms with E-state index in [0.29, 0.717) is 0 Å². The van der Waals surface area contributed by atoms with E-state index < -0.39 is 0 Å². The van der Waals surface area contributed by atoms with Crippen LogP contribution in [0.3, 0.4) is 0 Å². The van der Waals surface area contributed by atoms with E-state index in [1.54, 1.807) is 0 Å². The van der Waals surface area contributed by atoms with Gasteiger partial charge in [-0.1, -0.05) is 25.1 Å². The number of rotatable bonds is 5. The zero-order chi connectivity index (χ0) is 13.7. The molecular weight excluding hydrogens is 234 g/mol. The first-order chi connectivity index (χ1) is 9.09. The molecule has 0 spiro atoms. The van der Waals surface area contributed by atoms with E-state index >= 15 is 0 Å². The minimum Gasteiger partial charge on any atom is -0.457 e. The Hall–Kier alpha value is -1.96. The van der Waals surface area contributed by atoms with Crippen LogP contribution in [-0.4, -0.2) is 5.54 Å². The molecule has 0 aliphatic carbocycles. The minimum atomic E-state index is 0.113. The van der Waals surface area contributed by atoms with Gasteiger partial charge >= 0.3 is 0 Å². The van der Waals surface area contributed by atoms with Gasteiger partial charge in [0.15, 0.2) is 0 Å². The molecule has 0 aliphatic heterocycles. The summed E-state index contributed by atoms with van der Waals surface area (Å²) >= 11 is 0. The molecule has 2 nitrogen and oxygen atoms in total. The summed E-state index contributed by atoms with van der Waals surface area (Å²) in [5, 5.41) is 3.50. The second-order valence-electron chi connectivity index (χ2n) is 5.30. The fourth-order valence-corrected chi connectivity index (χ4v) is 1.71. The summed E-state index contributed by atoms with van der Waals surface area (Å²) in [4.78, 5) is 0. The maximum atomic E-state index is 5.76. The molecule has 2 aromatic rings. The zero-order valence-corrected chi connectivity index (χ0v) is 11.8. The lowest BCUT2D eigenvalue weighted by Crippen LogP contribution is -2.29. The molecular formula is C17H21NO. The predicted molar refractivity (Wildman–Crippen MR) is 81.0 cm³/mol. The molecule has 0 bridgehead atoms. The molecule has 0 saturated carbocycles. The standard InChI is InChI=1S/C17H21NO/c1-4-17(2,3)18-14-10-12-16(13-11-14)19-15-8-6-5-7-9-15/h5-13,18H,4H2,1-3H3. The van der Waals surface area contributed by atoms with Crippen LogP contribution in [0.2, 0.25) is 0 Å². The van der Waals surface area contributed by atoms with Gasteiger partial charge in [0.05, 0.1) is 0 Å². The number of para-hydroxylation sites is 1. The molecule has 0 amide bonds. The topological polar surface area (TPSA) is 21.3 Å². The van der Waals surface area contributed by atoms with Gasteiger partial charge in [-0.25, -0.2) is 0 Å². The molecule has 2 heteroatoms. The number of hydrogen-bond donors (Lipinski definition) is 1. The van der Waals surface area contributed by atoms with E-state index in [4.69, 9.17) is 4.74 Å². The van der Waals surface area contributed by atoms with Crippen LogP contribution in [0, 0.1) is 0 Å². The van der Waals surface area contributed by atoms with Crippen LogP contribution < -0.4 is 10.1 Å². The molecule has 19 heavy (non-hydrogen) atoms. The lowest BCUT2D eigenvalue weighted by atomic mass is 10.0. The molecule has 100 valence electrons. The molecule has 0 saturated heterocycles. The zero-order valence-electron chi connectivity index (χ0n) is 11.8. The molecule has 0 heterocycles. The van der Waals surface area contributed by atoms with Crippen LogP contribution in [0.5, 0.6) is 11.5 Å². The average Bonchev–Trinajstić information content (AvgIpc) is 2.42. The number of nitrogens with one attached hydrogen (secondary N) is 1. The summed E-state index contributed by atoms with van der Waals surface area (Å²) in [6.45, 7) is 6.57. The fourth-order valence-electron chi connectivity index (χ4n) is 1.71. The molecule has 1 N–H and O–H groups in total. The highest BCUT2D eigenvalue weighted by atomic mass is 16.5. The Kier molecular flexibility index (Phi) is 4.10. The summed E-state index contributed by atoms with van der Waals surface area (Å²) in [6.07, 6.45) is 1.08. The molecule has 2 aromatic carbocycles.